The molecule has 1 aliphatic carbocycles. The van der Waals surface area contributed by atoms with E-state index in [1.807, 2.05) is 6.92 Å². The monoisotopic (exact) mass is 472 g/mol. The Hall–Kier alpha value is -3.29. The van der Waals surface area contributed by atoms with Gasteiger partial charge in [-0.1, -0.05) is 0 Å². The number of aryl methyl sites for hydroxylation is 1. The van der Waals surface area contributed by atoms with Gasteiger partial charge in [-0.2, -0.15) is 18.3 Å². The molecule has 0 aromatic carbocycles. The van der Waals surface area contributed by atoms with Gasteiger partial charge in [0.15, 0.2) is 12.4 Å². The summed E-state index contributed by atoms with van der Waals surface area (Å²) in [5, 5.41) is 15.9. The van der Waals surface area contributed by atoms with Crippen LogP contribution >= 0.6 is 0 Å². The Labute approximate surface area is 185 Å². The highest BCUT2D eigenvalue weighted by atomic mass is 19.4. The number of alkyl carbamates (subject to hydrolysis) is 1. The molecule has 11 nitrogen and oxygen atoms in total. The van der Waals surface area contributed by atoms with Crippen LogP contribution in [0.3, 0.4) is 0 Å². The van der Waals surface area contributed by atoms with Crippen LogP contribution in [0.1, 0.15) is 48.5 Å². The molecule has 33 heavy (non-hydrogen) atoms. The summed E-state index contributed by atoms with van der Waals surface area (Å²) in [5.74, 6) is -0.780. The van der Waals surface area contributed by atoms with E-state index in [-0.39, 0.29) is 29.5 Å². The van der Waals surface area contributed by atoms with E-state index in [1.54, 1.807) is 6.07 Å². The van der Waals surface area contributed by atoms with Gasteiger partial charge >= 0.3 is 12.3 Å². The molecule has 0 bridgehead atoms. The molecule has 3 heterocycles. The number of aromatic nitrogens is 4. The van der Waals surface area contributed by atoms with Gasteiger partial charge in [-0.25, -0.2) is 4.79 Å². The van der Waals surface area contributed by atoms with Crippen molar-refractivity contribution in [1.82, 2.24) is 25.3 Å². The summed E-state index contributed by atoms with van der Waals surface area (Å²) in [6, 6.07) is 2.66. The second-order valence-corrected chi connectivity index (χ2v) is 8.33. The average Bonchev–Trinajstić information content (AvgIpc) is 3.12. The Bertz CT molecular complexity index is 1030. The zero-order valence-corrected chi connectivity index (χ0v) is 17.9. The Morgan fingerprint density at radius 2 is 2.12 bits per heavy atom. The molecule has 4 rings (SSSR count). The maximum absolute atomic E-state index is 12.5. The van der Waals surface area contributed by atoms with Gasteiger partial charge in [-0.3, -0.25) is 14.6 Å². The lowest BCUT2D eigenvalue weighted by Gasteiger charge is -2.15. The average molecular weight is 472 g/mol. The second-order valence-electron chi connectivity index (χ2n) is 8.33. The lowest BCUT2D eigenvalue weighted by Crippen LogP contribution is -2.37. The van der Waals surface area contributed by atoms with Gasteiger partial charge in [-0.15, -0.1) is 5.10 Å². The van der Waals surface area contributed by atoms with E-state index in [0.29, 0.717) is 12.1 Å². The lowest BCUT2D eigenvalue weighted by molar-refractivity contribution is -0.154. The van der Waals surface area contributed by atoms with Crippen LogP contribution in [0.2, 0.25) is 0 Å². The first kappa shape index (κ1) is 22.9. The Morgan fingerprint density at radius 1 is 1.36 bits per heavy atom. The fraction of sp³-hybridized carbons (Fsp3) is 0.579. The number of rotatable bonds is 7. The normalized spacial score (nSPS) is 21.5. The van der Waals surface area contributed by atoms with E-state index in [2.05, 4.69) is 30.7 Å². The van der Waals surface area contributed by atoms with E-state index >= 15 is 0 Å². The van der Waals surface area contributed by atoms with Crippen molar-refractivity contribution in [3.05, 3.63) is 23.5 Å². The van der Waals surface area contributed by atoms with Crippen LogP contribution in [-0.2, 0) is 16.5 Å². The molecule has 1 saturated carbocycles. The van der Waals surface area contributed by atoms with E-state index in [9.17, 15) is 22.8 Å². The predicted molar refractivity (Wildman–Crippen MR) is 106 cm³/mol. The molecular weight excluding hydrogens is 449 g/mol. The second kappa shape index (κ2) is 8.57. The molecule has 2 amide bonds. The van der Waals surface area contributed by atoms with Crippen molar-refractivity contribution in [3.63, 3.8) is 0 Å². The number of hydrogen-bond acceptors (Lipinski definition) is 7. The van der Waals surface area contributed by atoms with Crippen molar-refractivity contribution < 1.29 is 37.0 Å². The summed E-state index contributed by atoms with van der Waals surface area (Å²) in [5.41, 5.74) is 0.383. The van der Waals surface area contributed by atoms with Crippen LogP contribution in [0.4, 0.5) is 23.8 Å². The third kappa shape index (κ3) is 5.94. The summed E-state index contributed by atoms with van der Waals surface area (Å²) < 4.78 is 53.6. The SMILES string of the molecule is Cn1nc(OCC(F)(F)F)cc1C(=O)Nc1cc(C2CC(OC(=O)NC3(C)CC3)CO2)[nH]n1. The number of nitrogens with one attached hydrogen (secondary N) is 3. The van der Waals surface area contributed by atoms with Crippen molar-refractivity contribution in [2.75, 3.05) is 18.5 Å². The first-order valence-corrected chi connectivity index (χ1v) is 10.2. The zero-order chi connectivity index (χ0) is 23.8. The lowest BCUT2D eigenvalue weighted by atomic mass is 10.1. The van der Waals surface area contributed by atoms with Crippen molar-refractivity contribution in [2.45, 2.75) is 50.1 Å². The number of ether oxygens (including phenoxy) is 3. The van der Waals surface area contributed by atoms with E-state index in [1.165, 1.54) is 7.05 Å². The summed E-state index contributed by atoms with van der Waals surface area (Å²) in [6.45, 7) is 0.663. The van der Waals surface area contributed by atoms with E-state index in [0.717, 1.165) is 23.6 Å². The third-order valence-electron chi connectivity index (χ3n) is 5.30. The number of nitrogens with zero attached hydrogens (tertiary/aromatic N) is 3. The number of halogens is 3. The quantitative estimate of drug-likeness (QED) is 0.564. The Morgan fingerprint density at radius 3 is 2.82 bits per heavy atom. The molecule has 2 aromatic rings. The summed E-state index contributed by atoms with van der Waals surface area (Å²) in [4.78, 5) is 24.4. The van der Waals surface area contributed by atoms with Gasteiger partial charge in [0, 0.05) is 31.1 Å². The molecule has 1 saturated heterocycles. The van der Waals surface area contributed by atoms with E-state index in [4.69, 9.17) is 9.47 Å². The highest BCUT2D eigenvalue weighted by Gasteiger charge is 2.40. The molecular formula is C19H23F3N6O5. The highest BCUT2D eigenvalue weighted by molar-refractivity contribution is 6.02. The van der Waals surface area contributed by atoms with Crippen molar-refractivity contribution in [3.8, 4) is 5.88 Å². The number of H-pyrrole nitrogens is 1. The van der Waals surface area contributed by atoms with Crippen LogP contribution < -0.4 is 15.4 Å². The number of carbonyl (C=O) groups excluding carboxylic acids is 2. The number of amides is 2. The maximum atomic E-state index is 12.5. The van der Waals surface area contributed by atoms with Gasteiger partial charge < -0.3 is 24.8 Å². The number of aromatic amines is 1. The van der Waals surface area contributed by atoms with Crippen LogP contribution in [0.15, 0.2) is 12.1 Å². The van der Waals surface area contributed by atoms with Gasteiger partial charge in [0.2, 0.25) is 5.88 Å². The minimum Gasteiger partial charge on any atom is -0.467 e. The molecule has 2 unspecified atom stereocenters. The first-order chi connectivity index (χ1) is 15.5. The Balaban J connectivity index is 1.29. The molecule has 0 spiro atoms. The van der Waals surface area contributed by atoms with Gasteiger partial charge in [0.05, 0.1) is 12.3 Å². The Kier molecular flexibility index (Phi) is 5.95. The standard InChI is InChI=1S/C19H23F3N6O5/c1-18(3-4-18)24-17(30)33-10-5-13(31-8-10)11-6-14(26-25-11)23-16(29)12-7-15(27-28(12)2)32-9-19(20,21)22/h6-7,10,13H,3-5,8-9H2,1-2H3,(H,24,30)(H2,23,25,26,29). The number of hydrogen-bond donors (Lipinski definition) is 3. The third-order valence-corrected chi connectivity index (χ3v) is 5.30. The largest absolute Gasteiger partial charge is 0.467 e. The summed E-state index contributed by atoms with van der Waals surface area (Å²) >= 11 is 0. The van der Waals surface area contributed by atoms with Gasteiger partial charge in [0.25, 0.3) is 5.91 Å². The number of carbonyl (C=O) groups is 2. The van der Waals surface area contributed by atoms with Gasteiger partial charge in [0.1, 0.15) is 17.9 Å². The summed E-state index contributed by atoms with van der Waals surface area (Å²) in [7, 11) is 1.40. The molecule has 2 aromatic heterocycles. The van der Waals surface area contributed by atoms with E-state index < -0.39 is 37.0 Å². The van der Waals surface area contributed by atoms with Crippen molar-refractivity contribution in [2.24, 2.45) is 7.05 Å². The number of anilines is 1. The zero-order valence-electron chi connectivity index (χ0n) is 17.9. The van der Waals surface area contributed by atoms with Crippen LogP contribution in [-0.4, -0.2) is 63.0 Å². The molecule has 3 N–H and O–H groups in total. The van der Waals surface area contributed by atoms with Crippen LogP contribution in [0.5, 0.6) is 5.88 Å². The smallest absolute Gasteiger partial charge is 0.422 e. The fourth-order valence-electron chi connectivity index (χ4n) is 3.26. The fourth-order valence-corrected chi connectivity index (χ4v) is 3.26. The molecule has 0 radical (unpaired) electrons. The minimum atomic E-state index is -4.52. The topological polar surface area (TPSA) is 132 Å². The predicted octanol–water partition coefficient (Wildman–Crippen LogP) is 2.45. The first-order valence-electron chi connectivity index (χ1n) is 10.2. The maximum Gasteiger partial charge on any atom is 0.422 e. The molecule has 14 heteroatoms. The van der Waals surface area contributed by atoms with Crippen LogP contribution in [0.25, 0.3) is 0 Å². The highest BCUT2D eigenvalue weighted by Crippen LogP contribution is 2.35. The van der Waals surface area contributed by atoms with Crippen molar-refractivity contribution >= 4 is 17.8 Å². The molecule has 1 aliphatic heterocycles. The number of alkyl halides is 3. The molecule has 2 fully saturated rings. The summed E-state index contributed by atoms with van der Waals surface area (Å²) in [6.07, 6.45) is -3.54. The van der Waals surface area contributed by atoms with Crippen molar-refractivity contribution in [1.29, 1.82) is 0 Å². The molecule has 180 valence electrons. The molecule has 2 aliphatic rings. The molecule has 2 atom stereocenters. The minimum absolute atomic E-state index is 0.0160. The van der Waals surface area contributed by atoms with Crippen LogP contribution in [0, 0.1) is 0 Å². The van der Waals surface area contributed by atoms with Gasteiger partial charge in [-0.05, 0) is 19.8 Å².